The predicted octanol–water partition coefficient (Wildman–Crippen LogP) is 2.47. The fraction of sp³-hybridized carbons (Fsp3) is 0.438. The van der Waals surface area contributed by atoms with Crippen LogP contribution in [0.3, 0.4) is 0 Å². The van der Waals surface area contributed by atoms with Crippen LogP contribution in [-0.2, 0) is 10.3 Å². The van der Waals surface area contributed by atoms with Crippen LogP contribution in [-0.4, -0.2) is 35.7 Å². The summed E-state index contributed by atoms with van der Waals surface area (Å²) in [6, 6.07) is 6.74. The van der Waals surface area contributed by atoms with Crippen molar-refractivity contribution in [3.8, 4) is 0 Å². The second-order valence-corrected chi connectivity index (χ2v) is 6.55. The van der Waals surface area contributed by atoms with Crippen molar-refractivity contribution >= 4 is 29.9 Å². The molecule has 1 atom stereocenters. The smallest absolute Gasteiger partial charge is 0.257 e. The maximum Gasteiger partial charge on any atom is 0.257 e. The summed E-state index contributed by atoms with van der Waals surface area (Å²) in [6.45, 7) is 5.64. The number of nitrogens with one attached hydrogen (secondary N) is 2. The SMILES string of the molecule is CC(C)(NC(=O)c1cccc(Cl)c1)c1noc([C@@H]2CNCCO2)n1.Cl. The van der Waals surface area contributed by atoms with Gasteiger partial charge in [-0.25, -0.2) is 0 Å². The van der Waals surface area contributed by atoms with Crippen molar-refractivity contribution < 1.29 is 14.1 Å². The number of rotatable bonds is 4. The monoisotopic (exact) mass is 386 g/mol. The highest BCUT2D eigenvalue weighted by Gasteiger charge is 2.31. The summed E-state index contributed by atoms with van der Waals surface area (Å²) in [4.78, 5) is 16.8. The first-order valence-corrected chi connectivity index (χ1v) is 8.08. The summed E-state index contributed by atoms with van der Waals surface area (Å²) in [5.74, 6) is 0.536. The van der Waals surface area contributed by atoms with Gasteiger partial charge in [-0.05, 0) is 32.0 Å². The number of aromatic nitrogens is 2. The van der Waals surface area contributed by atoms with E-state index in [1.54, 1.807) is 24.3 Å². The molecule has 2 heterocycles. The van der Waals surface area contributed by atoms with Crippen LogP contribution in [0.2, 0.25) is 5.02 Å². The average Bonchev–Trinajstić information content (AvgIpc) is 3.06. The Hall–Kier alpha value is -1.67. The molecule has 0 aliphatic carbocycles. The lowest BCUT2D eigenvalue weighted by Crippen LogP contribution is -2.42. The minimum Gasteiger partial charge on any atom is -0.366 e. The Morgan fingerprint density at radius 3 is 2.92 bits per heavy atom. The normalized spacial score (nSPS) is 17.6. The number of nitrogens with zero attached hydrogens (tertiary/aromatic N) is 2. The topological polar surface area (TPSA) is 89.3 Å². The fourth-order valence-corrected chi connectivity index (χ4v) is 2.58. The third-order valence-corrected chi connectivity index (χ3v) is 3.95. The van der Waals surface area contributed by atoms with E-state index in [-0.39, 0.29) is 24.4 Å². The molecule has 0 bridgehead atoms. The summed E-state index contributed by atoms with van der Waals surface area (Å²) >= 11 is 5.93. The van der Waals surface area contributed by atoms with Gasteiger partial charge in [-0.2, -0.15) is 4.98 Å². The van der Waals surface area contributed by atoms with Gasteiger partial charge < -0.3 is 19.9 Å². The lowest BCUT2D eigenvalue weighted by molar-refractivity contribution is 0.00755. The van der Waals surface area contributed by atoms with Crippen LogP contribution in [0, 0.1) is 0 Å². The molecule has 25 heavy (non-hydrogen) atoms. The van der Waals surface area contributed by atoms with E-state index in [1.165, 1.54) is 0 Å². The van der Waals surface area contributed by atoms with Gasteiger partial charge in [0.1, 0.15) is 6.10 Å². The number of hydrogen-bond donors (Lipinski definition) is 2. The van der Waals surface area contributed by atoms with Crippen LogP contribution in [0.15, 0.2) is 28.8 Å². The Kier molecular flexibility index (Phi) is 6.40. The third kappa shape index (κ3) is 4.70. The van der Waals surface area contributed by atoms with Crippen LogP contribution in [0.25, 0.3) is 0 Å². The van der Waals surface area contributed by atoms with E-state index in [0.29, 0.717) is 35.5 Å². The van der Waals surface area contributed by atoms with Crippen molar-refractivity contribution in [1.29, 1.82) is 0 Å². The zero-order valence-corrected chi connectivity index (χ0v) is 15.5. The van der Waals surface area contributed by atoms with Gasteiger partial charge in [0, 0.05) is 23.7 Å². The second-order valence-electron chi connectivity index (χ2n) is 6.11. The lowest BCUT2D eigenvalue weighted by Gasteiger charge is -2.23. The Balaban J connectivity index is 0.00000225. The van der Waals surface area contributed by atoms with Gasteiger partial charge in [0.25, 0.3) is 11.8 Å². The molecule has 1 aromatic carbocycles. The quantitative estimate of drug-likeness (QED) is 0.838. The first-order valence-electron chi connectivity index (χ1n) is 7.70. The molecule has 9 heteroatoms. The van der Waals surface area contributed by atoms with Crippen molar-refractivity contribution in [1.82, 2.24) is 20.8 Å². The first kappa shape index (κ1) is 19.7. The first-order chi connectivity index (χ1) is 11.5. The minimum atomic E-state index is -0.802. The summed E-state index contributed by atoms with van der Waals surface area (Å²) in [5, 5.41) is 10.6. The molecule has 2 aromatic rings. The molecule has 3 rings (SSSR count). The number of halogens is 2. The molecule has 0 unspecified atom stereocenters. The van der Waals surface area contributed by atoms with Gasteiger partial charge in [0.2, 0.25) is 0 Å². The molecule has 1 saturated heterocycles. The van der Waals surface area contributed by atoms with Crippen molar-refractivity contribution in [3.63, 3.8) is 0 Å². The molecule has 0 radical (unpaired) electrons. The van der Waals surface area contributed by atoms with Crippen molar-refractivity contribution in [2.75, 3.05) is 19.7 Å². The summed E-state index contributed by atoms with van der Waals surface area (Å²) < 4.78 is 10.9. The molecule has 0 spiro atoms. The number of ether oxygens (including phenoxy) is 1. The summed E-state index contributed by atoms with van der Waals surface area (Å²) in [6.07, 6.45) is -0.264. The Labute approximate surface area is 156 Å². The molecule has 1 aromatic heterocycles. The molecule has 1 fully saturated rings. The Morgan fingerprint density at radius 2 is 2.24 bits per heavy atom. The van der Waals surface area contributed by atoms with Crippen molar-refractivity contribution in [2.24, 2.45) is 0 Å². The van der Waals surface area contributed by atoms with Gasteiger partial charge in [-0.3, -0.25) is 4.79 Å². The molecule has 136 valence electrons. The van der Waals surface area contributed by atoms with Crippen LogP contribution < -0.4 is 10.6 Å². The third-order valence-electron chi connectivity index (χ3n) is 3.72. The molecule has 1 aliphatic heterocycles. The molecule has 0 saturated carbocycles. The van der Waals surface area contributed by atoms with Gasteiger partial charge in [-0.1, -0.05) is 22.8 Å². The molecule has 1 aliphatic rings. The van der Waals surface area contributed by atoms with E-state index in [4.69, 9.17) is 20.9 Å². The Bertz CT molecular complexity index is 730. The highest BCUT2D eigenvalue weighted by molar-refractivity contribution is 6.30. The highest BCUT2D eigenvalue weighted by Crippen LogP contribution is 2.22. The van der Waals surface area contributed by atoms with Gasteiger partial charge in [-0.15, -0.1) is 12.4 Å². The largest absolute Gasteiger partial charge is 0.366 e. The number of benzene rings is 1. The van der Waals surface area contributed by atoms with E-state index in [9.17, 15) is 4.79 Å². The highest BCUT2D eigenvalue weighted by atomic mass is 35.5. The lowest BCUT2D eigenvalue weighted by atomic mass is 10.0. The van der Waals surface area contributed by atoms with Crippen molar-refractivity contribution in [2.45, 2.75) is 25.5 Å². The van der Waals surface area contributed by atoms with Crippen LogP contribution in [0.4, 0.5) is 0 Å². The zero-order valence-electron chi connectivity index (χ0n) is 13.9. The standard InChI is InChI=1S/C16H19ClN4O3.ClH/c1-16(2,20-13(22)10-4-3-5-11(17)8-10)15-19-14(24-21-15)12-9-18-6-7-23-12;/h3-5,8,12,18H,6-7,9H2,1-2H3,(H,20,22);1H/t12-;/m0./s1. The van der Waals surface area contributed by atoms with E-state index in [1.807, 2.05) is 13.8 Å². The van der Waals surface area contributed by atoms with Crippen molar-refractivity contribution in [3.05, 3.63) is 46.6 Å². The summed E-state index contributed by atoms with van der Waals surface area (Å²) in [5.41, 5.74) is -0.331. The predicted molar refractivity (Wildman–Crippen MR) is 95.1 cm³/mol. The Morgan fingerprint density at radius 1 is 1.44 bits per heavy atom. The number of morpholine rings is 1. The van der Waals surface area contributed by atoms with Crippen LogP contribution in [0.5, 0.6) is 0 Å². The number of hydrogen-bond acceptors (Lipinski definition) is 6. The molecule has 2 N–H and O–H groups in total. The second kappa shape index (κ2) is 8.14. The number of carbonyl (C=O) groups is 1. The summed E-state index contributed by atoms with van der Waals surface area (Å²) in [7, 11) is 0. The molecular formula is C16H20Cl2N4O3. The molecular weight excluding hydrogens is 367 g/mol. The number of amides is 1. The zero-order chi connectivity index (χ0) is 17.2. The molecule has 7 nitrogen and oxygen atoms in total. The van der Waals surface area contributed by atoms with E-state index >= 15 is 0 Å². The molecule has 1 amide bonds. The number of carbonyl (C=O) groups excluding carboxylic acids is 1. The van der Waals surface area contributed by atoms with E-state index in [2.05, 4.69) is 20.8 Å². The maximum absolute atomic E-state index is 12.4. The van der Waals surface area contributed by atoms with Crippen LogP contribution in [0.1, 0.15) is 42.0 Å². The van der Waals surface area contributed by atoms with Gasteiger partial charge in [0.05, 0.1) is 12.1 Å². The van der Waals surface area contributed by atoms with Gasteiger partial charge in [0.15, 0.2) is 5.82 Å². The van der Waals surface area contributed by atoms with Crippen LogP contribution >= 0.6 is 24.0 Å². The van der Waals surface area contributed by atoms with E-state index in [0.717, 1.165) is 6.54 Å². The van der Waals surface area contributed by atoms with E-state index < -0.39 is 5.54 Å². The minimum absolute atomic E-state index is 0. The maximum atomic E-state index is 12.4. The fourth-order valence-electron chi connectivity index (χ4n) is 2.39. The van der Waals surface area contributed by atoms with Gasteiger partial charge >= 0.3 is 0 Å². The average molecular weight is 387 g/mol.